The van der Waals surface area contributed by atoms with Gasteiger partial charge in [-0.15, -0.1) is 0 Å². The van der Waals surface area contributed by atoms with Gasteiger partial charge in [-0.25, -0.2) is 0 Å². The molecule has 0 aromatic heterocycles. The predicted octanol–water partition coefficient (Wildman–Crippen LogP) is 4.79. The topological polar surface area (TPSA) is 18.5 Å². The summed E-state index contributed by atoms with van der Waals surface area (Å²) >= 11 is 0. The van der Waals surface area contributed by atoms with Crippen molar-refractivity contribution in [2.75, 3.05) is 19.8 Å². The van der Waals surface area contributed by atoms with Crippen LogP contribution in [0.5, 0.6) is 0 Å². The molecule has 0 amide bonds. The average molecular weight is 281 g/mol. The smallest absolute Gasteiger partial charge is 0.0704 e. The third kappa shape index (κ3) is 6.90. The first-order valence-electron chi connectivity index (χ1n) is 8.31. The Kier molecular flexibility index (Phi) is 9.21. The summed E-state index contributed by atoms with van der Waals surface area (Å²) in [5.74, 6) is 1.32. The Morgan fingerprint density at radius 3 is 2.70 bits per heavy atom. The summed E-state index contributed by atoms with van der Waals surface area (Å²) in [6, 6.07) is 0. The Morgan fingerprint density at radius 1 is 1.20 bits per heavy atom. The van der Waals surface area contributed by atoms with Crippen molar-refractivity contribution in [2.24, 2.45) is 11.8 Å². The normalized spacial score (nSPS) is 26.6. The van der Waals surface area contributed by atoms with E-state index in [1.165, 1.54) is 37.7 Å². The van der Waals surface area contributed by atoms with E-state index in [4.69, 9.17) is 9.47 Å². The Morgan fingerprint density at radius 2 is 2.00 bits per heavy atom. The van der Waals surface area contributed by atoms with Crippen LogP contribution in [-0.4, -0.2) is 25.9 Å². The molecular weight excluding hydrogens is 248 g/mol. The van der Waals surface area contributed by atoms with Crippen LogP contribution in [0.15, 0.2) is 12.2 Å². The van der Waals surface area contributed by atoms with Crippen molar-refractivity contribution in [3.05, 3.63) is 18.6 Å². The fourth-order valence-electron chi connectivity index (χ4n) is 2.95. The Labute approximate surface area is 125 Å². The number of hydrogen-bond donors (Lipinski definition) is 0. The van der Waals surface area contributed by atoms with Crippen LogP contribution in [0.1, 0.15) is 59.3 Å². The molecule has 2 heteroatoms. The van der Waals surface area contributed by atoms with Gasteiger partial charge < -0.3 is 9.47 Å². The lowest BCUT2D eigenvalue weighted by atomic mass is 9.78. The van der Waals surface area contributed by atoms with Crippen LogP contribution in [0, 0.1) is 18.3 Å². The lowest BCUT2D eigenvalue weighted by Crippen LogP contribution is -2.32. The second-order valence-corrected chi connectivity index (χ2v) is 6.26. The molecule has 0 spiro atoms. The van der Waals surface area contributed by atoms with E-state index in [0.29, 0.717) is 18.6 Å². The first-order valence-corrected chi connectivity index (χ1v) is 8.31. The maximum Gasteiger partial charge on any atom is 0.0704 e. The predicted molar refractivity (Wildman–Crippen MR) is 85.7 cm³/mol. The van der Waals surface area contributed by atoms with Gasteiger partial charge in [0.1, 0.15) is 0 Å². The number of rotatable bonds is 10. The van der Waals surface area contributed by atoms with E-state index in [1.54, 1.807) is 0 Å². The highest BCUT2D eigenvalue weighted by atomic mass is 16.5. The van der Waals surface area contributed by atoms with E-state index in [1.807, 2.05) is 0 Å². The van der Waals surface area contributed by atoms with Crippen molar-refractivity contribution in [2.45, 2.75) is 65.4 Å². The molecule has 1 aliphatic carbocycles. The van der Waals surface area contributed by atoms with Gasteiger partial charge in [0, 0.05) is 12.5 Å². The second kappa shape index (κ2) is 10.4. The highest BCUT2D eigenvalue weighted by molar-refractivity contribution is 5.02. The molecule has 1 saturated carbocycles. The molecule has 0 aliphatic heterocycles. The summed E-state index contributed by atoms with van der Waals surface area (Å²) < 4.78 is 11.7. The molecule has 3 unspecified atom stereocenters. The average Bonchev–Trinajstić information content (AvgIpc) is 2.41. The van der Waals surface area contributed by atoms with E-state index < -0.39 is 0 Å². The van der Waals surface area contributed by atoms with Crippen LogP contribution in [0.4, 0.5) is 0 Å². The minimum atomic E-state index is 0.353. The largest absolute Gasteiger partial charge is 0.379 e. The van der Waals surface area contributed by atoms with Crippen molar-refractivity contribution in [3.63, 3.8) is 0 Å². The molecule has 117 valence electrons. The molecule has 0 saturated heterocycles. The van der Waals surface area contributed by atoms with Crippen LogP contribution in [0.2, 0.25) is 0 Å². The third-order valence-corrected chi connectivity index (χ3v) is 4.21. The zero-order valence-corrected chi connectivity index (χ0v) is 13.7. The zero-order valence-electron chi connectivity index (χ0n) is 13.7. The number of ether oxygens (including phenoxy) is 2. The van der Waals surface area contributed by atoms with Crippen molar-refractivity contribution in [1.29, 1.82) is 0 Å². The highest BCUT2D eigenvalue weighted by Crippen LogP contribution is 2.34. The van der Waals surface area contributed by atoms with Crippen LogP contribution >= 0.6 is 0 Å². The molecule has 0 bridgehead atoms. The minimum absolute atomic E-state index is 0.353. The fourth-order valence-corrected chi connectivity index (χ4v) is 2.95. The summed E-state index contributed by atoms with van der Waals surface area (Å²) in [6.45, 7) is 13.0. The van der Waals surface area contributed by atoms with E-state index in [0.717, 1.165) is 25.6 Å². The standard InChI is InChI=1S/C18H33O2/c1-5-6-7-8-11-19-12-13-20-18-14-16(4)9-10-17(18)15(2)3/h7,16-18H,2,5-6,8-14H2,1,3-4H3. The summed E-state index contributed by atoms with van der Waals surface area (Å²) in [7, 11) is 0. The maximum absolute atomic E-state index is 6.06. The summed E-state index contributed by atoms with van der Waals surface area (Å²) in [4.78, 5) is 0. The highest BCUT2D eigenvalue weighted by Gasteiger charge is 2.29. The van der Waals surface area contributed by atoms with E-state index in [9.17, 15) is 0 Å². The van der Waals surface area contributed by atoms with Gasteiger partial charge in [-0.3, -0.25) is 0 Å². The molecule has 2 nitrogen and oxygen atoms in total. The molecule has 1 fully saturated rings. The quantitative estimate of drug-likeness (QED) is 0.423. The van der Waals surface area contributed by atoms with Gasteiger partial charge in [-0.2, -0.15) is 0 Å². The van der Waals surface area contributed by atoms with Crippen molar-refractivity contribution in [1.82, 2.24) is 0 Å². The van der Waals surface area contributed by atoms with Gasteiger partial charge in [0.2, 0.25) is 0 Å². The molecule has 0 heterocycles. The number of hydrogen-bond acceptors (Lipinski definition) is 2. The van der Waals surface area contributed by atoms with E-state index in [2.05, 4.69) is 33.8 Å². The lowest BCUT2D eigenvalue weighted by Gasteiger charge is -2.35. The van der Waals surface area contributed by atoms with Gasteiger partial charge in [-0.05, 0) is 44.9 Å². The molecule has 1 rings (SSSR count). The van der Waals surface area contributed by atoms with Crippen molar-refractivity contribution >= 4 is 0 Å². The van der Waals surface area contributed by atoms with Gasteiger partial charge in [0.05, 0.1) is 19.3 Å². The van der Waals surface area contributed by atoms with Crippen LogP contribution in [0.25, 0.3) is 0 Å². The van der Waals surface area contributed by atoms with Crippen LogP contribution < -0.4 is 0 Å². The molecular formula is C18H33O2. The maximum atomic E-state index is 6.06. The molecule has 1 radical (unpaired) electrons. The van der Waals surface area contributed by atoms with Gasteiger partial charge in [0.25, 0.3) is 0 Å². The first kappa shape index (κ1) is 17.7. The van der Waals surface area contributed by atoms with Gasteiger partial charge >= 0.3 is 0 Å². The monoisotopic (exact) mass is 281 g/mol. The SMILES string of the molecule is C=C(C)C1CCC(C)CC1OCCOCC[CH]CCC. The molecule has 0 aromatic carbocycles. The Balaban J connectivity index is 2.10. The zero-order chi connectivity index (χ0) is 14.8. The Bertz CT molecular complexity index is 262. The first-order chi connectivity index (χ1) is 9.65. The summed E-state index contributed by atoms with van der Waals surface area (Å²) in [5.41, 5.74) is 1.27. The van der Waals surface area contributed by atoms with Crippen LogP contribution in [-0.2, 0) is 9.47 Å². The van der Waals surface area contributed by atoms with E-state index >= 15 is 0 Å². The van der Waals surface area contributed by atoms with Gasteiger partial charge in [-0.1, -0.05) is 38.8 Å². The molecule has 3 atom stereocenters. The number of unbranched alkanes of at least 4 members (excludes halogenated alkanes) is 3. The third-order valence-electron chi connectivity index (χ3n) is 4.21. The summed E-state index contributed by atoms with van der Waals surface area (Å²) in [6.07, 6.45) is 9.85. The second-order valence-electron chi connectivity index (χ2n) is 6.26. The fraction of sp³-hybridized carbons (Fsp3) is 0.833. The Hall–Kier alpha value is -0.340. The van der Waals surface area contributed by atoms with E-state index in [-0.39, 0.29) is 0 Å². The molecule has 20 heavy (non-hydrogen) atoms. The van der Waals surface area contributed by atoms with Crippen molar-refractivity contribution in [3.8, 4) is 0 Å². The molecule has 0 N–H and O–H groups in total. The van der Waals surface area contributed by atoms with Gasteiger partial charge in [0.15, 0.2) is 0 Å². The lowest BCUT2D eigenvalue weighted by molar-refractivity contribution is -0.0381. The summed E-state index contributed by atoms with van der Waals surface area (Å²) in [5, 5.41) is 0. The molecule has 1 aliphatic rings. The van der Waals surface area contributed by atoms with Crippen LogP contribution in [0.3, 0.4) is 0 Å². The van der Waals surface area contributed by atoms with Crippen molar-refractivity contribution < 1.29 is 9.47 Å². The minimum Gasteiger partial charge on any atom is -0.379 e. The molecule has 0 aromatic rings.